The van der Waals surface area contributed by atoms with E-state index in [9.17, 15) is 0 Å². The molecule has 1 atom stereocenters. The summed E-state index contributed by atoms with van der Waals surface area (Å²) in [7, 11) is 2.08. The van der Waals surface area contributed by atoms with Crippen LogP contribution in [0.1, 0.15) is 30.1 Å². The first-order valence-corrected chi connectivity index (χ1v) is 6.02. The molecule has 1 aliphatic carbocycles. The fourth-order valence-electron chi connectivity index (χ4n) is 2.56. The molecule has 0 amide bonds. The van der Waals surface area contributed by atoms with Gasteiger partial charge in [0.1, 0.15) is 0 Å². The van der Waals surface area contributed by atoms with Crippen LogP contribution in [0.15, 0.2) is 30.7 Å². The van der Waals surface area contributed by atoms with Crippen molar-refractivity contribution in [1.82, 2.24) is 15.0 Å². The summed E-state index contributed by atoms with van der Waals surface area (Å²) in [5, 5.41) is 0. The Morgan fingerprint density at radius 3 is 3.12 bits per heavy atom. The molecule has 1 unspecified atom stereocenters. The molecule has 2 heterocycles. The molecular weight excluding hydrogens is 212 g/mol. The lowest BCUT2D eigenvalue weighted by Gasteiger charge is -2.31. The van der Waals surface area contributed by atoms with Gasteiger partial charge in [0.15, 0.2) is 0 Å². The van der Waals surface area contributed by atoms with E-state index in [0.29, 0.717) is 6.04 Å². The zero-order chi connectivity index (χ0) is 11.7. The molecule has 0 aromatic carbocycles. The molecule has 1 aliphatic rings. The lowest BCUT2D eigenvalue weighted by molar-refractivity contribution is 0.524. The van der Waals surface area contributed by atoms with Crippen LogP contribution < -0.4 is 4.90 Å². The molecule has 3 rings (SSSR count). The second-order valence-electron chi connectivity index (χ2n) is 4.48. The van der Waals surface area contributed by atoms with Crippen molar-refractivity contribution < 1.29 is 0 Å². The van der Waals surface area contributed by atoms with Crippen molar-refractivity contribution in [2.45, 2.75) is 25.3 Å². The maximum atomic E-state index is 4.55. The van der Waals surface area contributed by atoms with E-state index in [4.69, 9.17) is 0 Å². The van der Waals surface area contributed by atoms with Crippen LogP contribution in [0.25, 0.3) is 0 Å². The predicted octanol–water partition coefficient (Wildman–Crippen LogP) is 2.32. The fraction of sp³-hybridized carbons (Fsp3) is 0.385. The van der Waals surface area contributed by atoms with E-state index in [1.807, 2.05) is 18.5 Å². The Labute approximate surface area is 101 Å². The van der Waals surface area contributed by atoms with E-state index < -0.39 is 0 Å². The number of pyridine rings is 1. The summed E-state index contributed by atoms with van der Waals surface area (Å²) in [6.07, 6.45) is 9.02. The van der Waals surface area contributed by atoms with Crippen LogP contribution >= 0.6 is 0 Å². The average molecular weight is 228 g/mol. The highest BCUT2D eigenvalue weighted by Crippen LogP contribution is 2.33. The van der Waals surface area contributed by atoms with Crippen LogP contribution in [0.4, 0.5) is 5.95 Å². The number of aryl methyl sites for hydroxylation is 1. The topological polar surface area (TPSA) is 44.8 Å². The van der Waals surface area contributed by atoms with Gasteiger partial charge >= 0.3 is 0 Å². The standard InChI is InChI=1S/C13H16N4/c1-17(13-15-8-9-16-13)11-6-2-4-10-5-3-7-14-12(10)11/h3,5,7-9,11H,2,4,6H2,1H3,(H,15,16). The molecule has 0 saturated heterocycles. The first-order valence-electron chi connectivity index (χ1n) is 6.02. The average Bonchev–Trinajstić information content (AvgIpc) is 2.91. The van der Waals surface area contributed by atoms with Gasteiger partial charge in [0, 0.05) is 25.6 Å². The molecule has 88 valence electrons. The van der Waals surface area contributed by atoms with Crippen LogP contribution in [0.2, 0.25) is 0 Å². The number of anilines is 1. The van der Waals surface area contributed by atoms with Crippen molar-refractivity contribution in [3.8, 4) is 0 Å². The summed E-state index contributed by atoms with van der Waals surface area (Å²) >= 11 is 0. The van der Waals surface area contributed by atoms with Gasteiger partial charge in [0.05, 0.1) is 11.7 Å². The van der Waals surface area contributed by atoms with Crippen molar-refractivity contribution in [3.05, 3.63) is 42.0 Å². The van der Waals surface area contributed by atoms with Crippen molar-refractivity contribution in [2.75, 3.05) is 11.9 Å². The van der Waals surface area contributed by atoms with Crippen molar-refractivity contribution in [3.63, 3.8) is 0 Å². The highest BCUT2D eigenvalue weighted by atomic mass is 15.3. The second-order valence-corrected chi connectivity index (χ2v) is 4.48. The lowest BCUT2D eigenvalue weighted by Crippen LogP contribution is -2.29. The predicted molar refractivity (Wildman–Crippen MR) is 66.9 cm³/mol. The van der Waals surface area contributed by atoms with Crippen LogP contribution in [-0.2, 0) is 6.42 Å². The molecular formula is C13H16N4. The summed E-state index contributed by atoms with van der Waals surface area (Å²) < 4.78 is 0. The van der Waals surface area contributed by atoms with E-state index in [2.05, 4.69) is 33.0 Å². The Morgan fingerprint density at radius 1 is 1.35 bits per heavy atom. The van der Waals surface area contributed by atoms with Gasteiger partial charge in [-0.2, -0.15) is 0 Å². The normalized spacial score (nSPS) is 18.8. The number of H-pyrrole nitrogens is 1. The van der Waals surface area contributed by atoms with Gasteiger partial charge in [-0.15, -0.1) is 0 Å². The molecule has 0 saturated carbocycles. The zero-order valence-corrected chi connectivity index (χ0v) is 9.93. The third-order valence-corrected chi connectivity index (χ3v) is 3.45. The molecule has 0 aliphatic heterocycles. The second kappa shape index (κ2) is 4.20. The largest absolute Gasteiger partial charge is 0.337 e. The molecule has 2 aromatic rings. The molecule has 4 nitrogen and oxygen atoms in total. The third-order valence-electron chi connectivity index (χ3n) is 3.45. The van der Waals surface area contributed by atoms with Crippen LogP contribution in [0.3, 0.4) is 0 Å². The van der Waals surface area contributed by atoms with E-state index in [1.54, 1.807) is 6.20 Å². The molecule has 4 heteroatoms. The molecule has 0 spiro atoms. The zero-order valence-electron chi connectivity index (χ0n) is 9.93. The summed E-state index contributed by atoms with van der Waals surface area (Å²) in [6.45, 7) is 0. The molecule has 0 radical (unpaired) electrons. The minimum Gasteiger partial charge on any atom is -0.337 e. The number of nitrogens with one attached hydrogen (secondary N) is 1. The number of hydrogen-bond acceptors (Lipinski definition) is 3. The van der Waals surface area contributed by atoms with E-state index in [0.717, 1.165) is 18.8 Å². The highest BCUT2D eigenvalue weighted by Gasteiger charge is 2.25. The fourth-order valence-corrected chi connectivity index (χ4v) is 2.56. The Kier molecular flexibility index (Phi) is 2.55. The van der Waals surface area contributed by atoms with Gasteiger partial charge in [-0.05, 0) is 30.9 Å². The SMILES string of the molecule is CN(c1ncc[nH]1)C1CCCc2cccnc21. The number of rotatable bonds is 2. The first-order chi connectivity index (χ1) is 8.36. The first kappa shape index (κ1) is 10.3. The molecule has 0 bridgehead atoms. The summed E-state index contributed by atoms with van der Waals surface area (Å²) in [6, 6.07) is 4.55. The van der Waals surface area contributed by atoms with Gasteiger partial charge in [-0.25, -0.2) is 4.98 Å². The quantitative estimate of drug-likeness (QED) is 0.858. The Bertz CT molecular complexity index is 492. The van der Waals surface area contributed by atoms with Gasteiger partial charge < -0.3 is 9.88 Å². The summed E-state index contributed by atoms with van der Waals surface area (Å²) in [4.78, 5) is 14.2. The molecule has 0 fully saturated rings. The van der Waals surface area contributed by atoms with Gasteiger partial charge in [-0.1, -0.05) is 6.07 Å². The number of imidazole rings is 1. The lowest BCUT2D eigenvalue weighted by atomic mass is 9.91. The molecule has 2 aromatic heterocycles. The van der Waals surface area contributed by atoms with Crippen molar-refractivity contribution in [2.24, 2.45) is 0 Å². The Morgan fingerprint density at radius 2 is 2.29 bits per heavy atom. The molecule has 1 N–H and O–H groups in total. The van der Waals surface area contributed by atoms with E-state index in [1.165, 1.54) is 17.7 Å². The van der Waals surface area contributed by atoms with Gasteiger partial charge in [0.2, 0.25) is 5.95 Å². The maximum Gasteiger partial charge on any atom is 0.203 e. The molecule has 17 heavy (non-hydrogen) atoms. The van der Waals surface area contributed by atoms with Crippen molar-refractivity contribution >= 4 is 5.95 Å². The summed E-state index contributed by atoms with van der Waals surface area (Å²) in [5.41, 5.74) is 2.58. The smallest absolute Gasteiger partial charge is 0.203 e. The number of aromatic nitrogens is 3. The Hall–Kier alpha value is -1.84. The number of fused-ring (bicyclic) bond motifs is 1. The van der Waals surface area contributed by atoms with E-state index >= 15 is 0 Å². The maximum absolute atomic E-state index is 4.55. The number of hydrogen-bond donors (Lipinski definition) is 1. The number of aromatic amines is 1. The Balaban J connectivity index is 1.95. The van der Waals surface area contributed by atoms with Crippen molar-refractivity contribution in [1.29, 1.82) is 0 Å². The van der Waals surface area contributed by atoms with Crippen LogP contribution in [0, 0.1) is 0 Å². The van der Waals surface area contributed by atoms with E-state index in [-0.39, 0.29) is 0 Å². The minimum atomic E-state index is 0.339. The third kappa shape index (κ3) is 1.79. The van der Waals surface area contributed by atoms with Crippen LogP contribution in [-0.4, -0.2) is 22.0 Å². The van der Waals surface area contributed by atoms with Gasteiger partial charge in [0.25, 0.3) is 0 Å². The van der Waals surface area contributed by atoms with Crippen LogP contribution in [0.5, 0.6) is 0 Å². The minimum absolute atomic E-state index is 0.339. The highest BCUT2D eigenvalue weighted by molar-refractivity contribution is 5.36. The monoisotopic (exact) mass is 228 g/mol. The number of nitrogens with zero attached hydrogens (tertiary/aromatic N) is 3. The van der Waals surface area contributed by atoms with Gasteiger partial charge in [-0.3, -0.25) is 4.98 Å². The summed E-state index contributed by atoms with van der Waals surface area (Å²) in [5.74, 6) is 0.911.